The number of carbonyl (C=O) groups is 1. The van der Waals surface area contributed by atoms with Gasteiger partial charge in [-0.25, -0.2) is 8.42 Å². The molecule has 2 atom stereocenters. The van der Waals surface area contributed by atoms with Gasteiger partial charge in [0.1, 0.15) is 5.75 Å². The molecule has 0 spiro atoms. The van der Waals surface area contributed by atoms with Gasteiger partial charge < -0.3 is 14.2 Å². The van der Waals surface area contributed by atoms with E-state index in [2.05, 4.69) is 0 Å². The Bertz CT molecular complexity index is 1060. The van der Waals surface area contributed by atoms with Gasteiger partial charge in [0.2, 0.25) is 10.0 Å². The van der Waals surface area contributed by atoms with Crippen LogP contribution >= 0.6 is 0 Å². The Morgan fingerprint density at radius 1 is 1.03 bits per heavy atom. The first-order valence-corrected chi connectivity index (χ1v) is 12.9. The predicted molar refractivity (Wildman–Crippen MR) is 130 cm³/mol. The highest BCUT2D eigenvalue weighted by molar-refractivity contribution is 7.89. The summed E-state index contributed by atoms with van der Waals surface area (Å²) in [5.41, 5.74) is 1.17. The maximum absolute atomic E-state index is 13.7. The molecular weight excluding hydrogens is 454 g/mol. The Labute approximate surface area is 203 Å². The van der Waals surface area contributed by atoms with Crippen LogP contribution in [0.3, 0.4) is 0 Å². The first kappa shape index (κ1) is 26.2. The number of hydrogen-bond donors (Lipinski definition) is 0. The third kappa shape index (κ3) is 6.17. The molecule has 1 fully saturated rings. The minimum Gasteiger partial charge on any atom is -0.497 e. The van der Waals surface area contributed by atoms with Crippen molar-refractivity contribution in [1.82, 2.24) is 4.31 Å². The van der Waals surface area contributed by atoms with Gasteiger partial charge in [0.05, 0.1) is 37.2 Å². The number of carbonyl (C=O) groups excluding carboxylic acids is 1. The van der Waals surface area contributed by atoms with E-state index in [1.807, 2.05) is 31.2 Å². The second-order valence-electron chi connectivity index (χ2n) is 9.48. The van der Waals surface area contributed by atoms with Crippen LogP contribution in [-0.2, 0) is 30.9 Å². The van der Waals surface area contributed by atoms with Gasteiger partial charge in [-0.3, -0.25) is 4.79 Å². The summed E-state index contributed by atoms with van der Waals surface area (Å²) in [5, 5.41) is 0. The minimum absolute atomic E-state index is 0.230. The Hall–Kier alpha value is -2.42. The van der Waals surface area contributed by atoms with Crippen molar-refractivity contribution in [2.75, 3.05) is 20.8 Å². The van der Waals surface area contributed by atoms with Crippen LogP contribution in [-0.4, -0.2) is 51.6 Å². The van der Waals surface area contributed by atoms with Crippen molar-refractivity contribution in [1.29, 1.82) is 0 Å². The quantitative estimate of drug-likeness (QED) is 0.488. The van der Waals surface area contributed by atoms with Gasteiger partial charge in [-0.15, -0.1) is 0 Å². The fourth-order valence-electron chi connectivity index (χ4n) is 4.33. The second-order valence-corrected chi connectivity index (χ2v) is 11.4. The molecular formula is C26H35NO6S. The molecule has 2 aromatic carbocycles. The molecule has 186 valence electrons. The molecule has 1 saturated heterocycles. The minimum atomic E-state index is -3.77. The topological polar surface area (TPSA) is 82.1 Å². The van der Waals surface area contributed by atoms with Crippen molar-refractivity contribution >= 4 is 16.0 Å². The number of piperidine rings is 1. The van der Waals surface area contributed by atoms with E-state index in [4.69, 9.17) is 14.2 Å². The Balaban J connectivity index is 1.81. The van der Waals surface area contributed by atoms with Crippen LogP contribution < -0.4 is 4.74 Å². The number of sulfonamides is 1. The van der Waals surface area contributed by atoms with Crippen molar-refractivity contribution in [3.8, 4) is 5.75 Å². The summed E-state index contributed by atoms with van der Waals surface area (Å²) in [6.45, 7) is 6.12. The van der Waals surface area contributed by atoms with Crippen LogP contribution in [0.4, 0.5) is 0 Å². The molecule has 2 aromatic rings. The van der Waals surface area contributed by atoms with Crippen molar-refractivity contribution in [3.05, 3.63) is 59.7 Å². The molecule has 1 heterocycles. The van der Waals surface area contributed by atoms with Gasteiger partial charge in [-0.1, -0.05) is 29.8 Å². The van der Waals surface area contributed by atoms with Gasteiger partial charge in [-0.05, 0) is 69.9 Å². The summed E-state index contributed by atoms with van der Waals surface area (Å²) in [6.07, 6.45) is 1.42. The Kier molecular flexibility index (Phi) is 8.38. The Morgan fingerprint density at radius 3 is 2.26 bits per heavy atom. The molecule has 0 N–H and O–H groups in total. The fraction of sp³-hybridized carbons (Fsp3) is 0.500. The second kappa shape index (κ2) is 10.9. The maximum Gasteiger partial charge on any atom is 0.311 e. The van der Waals surface area contributed by atoms with E-state index in [9.17, 15) is 13.2 Å². The lowest BCUT2D eigenvalue weighted by atomic mass is 9.83. The molecule has 0 aromatic heterocycles. The normalized spacial score (nSPS) is 19.6. The third-order valence-electron chi connectivity index (χ3n) is 6.37. The van der Waals surface area contributed by atoms with Crippen LogP contribution in [0.5, 0.6) is 5.75 Å². The standard InChI is InChI=1S/C26H35NO6S/c1-19-6-14-24(15-7-19)34(29,30)27-17-23(33-18-20-8-11-22(31-4)12-9-20)13-10-21(27)16-26(2,3)25(28)32-5/h6-9,11-12,14-15,21,23H,10,13,16-18H2,1-5H3. The summed E-state index contributed by atoms with van der Waals surface area (Å²) in [4.78, 5) is 12.6. The number of ether oxygens (including phenoxy) is 3. The van der Waals surface area contributed by atoms with Gasteiger partial charge in [0, 0.05) is 12.6 Å². The van der Waals surface area contributed by atoms with E-state index < -0.39 is 15.4 Å². The van der Waals surface area contributed by atoms with E-state index in [0.717, 1.165) is 16.9 Å². The highest BCUT2D eigenvalue weighted by Crippen LogP contribution is 2.35. The zero-order valence-electron chi connectivity index (χ0n) is 20.6. The monoisotopic (exact) mass is 489 g/mol. The lowest BCUT2D eigenvalue weighted by Gasteiger charge is -2.41. The van der Waals surface area contributed by atoms with E-state index in [1.165, 1.54) is 11.4 Å². The lowest BCUT2D eigenvalue weighted by Crippen LogP contribution is -2.51. The van der Waals surface area contributed by atoms with E-state index in [1.54, 1.807) is 45.2 Å². The highest BCUT2D eigenvalue weighted by atomic mass is 32.2. The average molecular weight is 490 g/mol. The first-order valence-electron chi connectivity index (χ1n) is 11.5. The fourth-order valence-corrected chi connectivity index (χ4v) is 6.01. The molecule has 0 aliphatic carbocycles. The number of methoxy groups -OCH3 is 2. The molecule has 8 heteroatoms. The zero-order chi connectivity index (χ0) is 24.9. The highest BCUT2D eigenvalue weighted by Gasteiger charge is 2.42. The largest absolute Gasteiger partial charge is 0.497 e. The molecule has 1 aliphatic rings. The van der Waals surface area contributed by atoms with Crippen LogP contribution in [0.25, 0.3) is 0 Å². The van der Waals surface area contributed by atoms with Crippen LogP contribution in [0.15, 0.2) is 53.4 Å². The summed E-state index contributed by atoms with van der Waals surface area (Å²) < 4.78 is 45.1. The van der Waals surface area contributed by atoms with Crippen molar-refractivity contribution in [2.24, 2.45) is 5.41 Å². The smallest absolute Gasteiger partial charge is 0.311 e. The molecule has 7 nitrogen and oxygen atoms in total. The van der Waals surface area contributed by atoms with E-state index in [0.29, 0.717) is 25.9 Å². The summed E-state index contributed by atoms with van der Waals surface area (Å²) in [6, 6.07) is 14.1. The third-order valence-corrected chi connectivity index (χ3v) is 8.30. The molecule has 0 amide bonds. The van der Waals surface area contributed by atoms with E-state index >= 15 is 0 Å². The van der Waals surface area contributed by atoms with Crippen LogP contribution in [0.2, 0.25) is 0 Å². The van der Waals surface area contributed by atoms with Crippen molar-refractivity contribution in [2.45, 2.75) is 63.7 Å². The zero-order valence-corrected chi connectivity index (χ0v) is 21.4. The number of aryl methyl sites for hydroxylation is 1. The summed E-state index contributed by atoms with van der Waals surface area (Å²) >= 11 is 0. The molecule has 3 rings (SSSR count). The Morgan fingerprint density at radius 2 is 1.68 bits per heavy atom. The number of rotatable bonds is 9. The molecule has 1 aliphatic heterocycles. The average Bonchev–Trinajstić information content (AvgIpc) is 2.83. The predicted octanol–water partition coefficient (Wildman–Crippen LogP) is 4.33. The molecule has 0 bridgehead atoms. The number of benzene rings is 2. The summed E-state index contributed by atoms with van der Waals surface area (Å²) in [7, 11) is -0.797. The van der Waals surface area contributed by atoms with Crippen LogP contribution in [0.1, 0.15) is 44.2 Å². The molecule has 0 saturated carbocycles. The molecule has 34 heavy (non-hydrogen) atoms. The van der Waals surface area contributed by atoms with Gasteiger partial charge in [0.15, 0.2) is 0 Å². The van der Waals surface area contributed by atoms with Gasteiger partial charge >= 0.3 is 5.97 Å². The maximum atomic E-state index is 13.7. The number of nitrogens with zero attached hydrogens (tertiary/aromatic N) is 1. The van der Waals surface area contributed by atoms with Crippen molar-refractivity contribution < 1.29 is 27.4 Å². The lowest BCUT2D eigenvalue weighted by molar-refractivity contribution is -0.152. The molecule has 2 unspecified atom stereocenters. The van der Waals surface area contributed by atoms with E-state index in [-0.39, 0.29) is 29.6 Å². The summed E-state index contributed by atoms with van der Waals surface area (Å²) in [5.74, 6) is 0.422. The first-order chi connectivity index (χ1) is 16.1. The van der Waals surface area contributed by atoms with Crippen LogP contribution in [0, 0.1) is 12.3 Å². The van der Waals surface area contributed by atoms with Crippen molar-refractivity contribution in [3.63, 3.8) is 0 Å². The molecule has 0 radical (unpaired) electrons. The van der Waals surface area contributed by atoms with Gasteiger partial charge in [0.25, 0.3) is 0 Å². The number of hydrogen-bond acceptors (Lipinski definition) is 6. The van der Waals surface area contributed by atoms with Gasteiger partial charge in [-0.2, -0.15) is 4.31 Å². The number of esters is 1. The SMILES string of the molecule is COC(=O)C(C)(C)CC1CCC(OCc2ccc(OC)cc2)CN1S(=O)(=O)c1ccc(C)cc1.